The van der Waals surface area contributed by atoms with E-state index in [1.807, 2.05) is 45.0 Å². The van der Waals surface area contributed by atoms with Gasteiger partial charge in [-0.05, 0) is 50.8 Å². The Balaban J connectivity index is 0.00000450. The van der Waals surface area contributed by atoms with E-state index >= 15 is 0 Å². The maximum atomic E-state index is 12.2. The third kappa shape index (κ3) is 7.77. The molecule has 1 amide bonds. The highest BCUT2D eigenvalue weighted by Crippen LogP contribution is 2.18. The smallest absolute Gasteiger partial charge is 0.308 e. The van der Waals surface area contributed by atoms with E-state index in [4.69, 9.17) is 9.73 Å². The number of likely N-dealkylation sites (tertiary alicyclic amines) is 1. The number of rotatable bonds is 7. The number of nitrogens with one attached hydrogen (secondary N) is 2. The zero-order chi connectivity index (χ0) is 21.2. The average molecular weight is 530 g/mol. The van der Waals surface area contributed by atoms with Crippen molar-refractivity contribution in [3.05, 3.63) is 35.4 Å². The number of hydrogen-bond acceptors (Lipinski definition) is 4. The molecule has 1 aliphatic heterocycles. The van der Waals surface area contributed by atoms with Gasteiger partial charge in [-0.15, -0.1) is 24.0 Å². The summed E-state index contributed by atoms with van der Waals surface area (Å²) in [7, 11) is 1.44. The van der Waals surface area contributed by atoms with E-state index in [2.05, 4.69) is 15.5 Å². The molecule has 2 rings (SSSR count). The summed E-state index contributed by atoms with van der Waals surface area (Å²) in [5.41, 5.74) is 1.71. The molecule has 0 spiro atoms. The van der Waals surface area contributed by atoms with Gasteiger partial charge in [-0.2, -0.15) is 0 Å². The molecule has 1 heterocycles. The minimum absolute atomic E-state index is 0. The zero-order valence-electron chi connectivity index (χ0n) is 18.4. The van der Waals surface area contributed by atoms with Crippen LogP contribution in [0.4, 0.5) is 0 Å². The van der Waals surface area contributed by atoms with E-state index in [0.29, 0.717) is 12.1 Å². The first-order chi connectivity index (χ1) is 14.0. The van der Waals surface area contributed by atoms with Gasteiger partial charge < -0.3 is 20.3 Å². The van der Waals surface area contributed by atoms with Crippen molar-refractivity contribution in [1.82, 2.24) is 15.5 Å². The van der Waals surface area contributed by atoms with Crippen molar-refractivity contribution in [3.8, 4) is 0 Å². The Bertz CT molecular complexity index is 701. The number of benzene rings is 1. The standard InChI is InChI=1S/C22H34N4O3.HI/c1-5-16(3)25-20(27)18-9-7-17(8-10-18)15-24-22(23-6-2)26-13-11-19(12-14-26)21(28)29-4;/h7-10,16,19H,5-6,11-15H2,1-4H3,(H,23,24)(H,25,27);1H. The van der Waals surface area contributed by atoms with E-state index in [0.717, 1.165) is 50.4 Å². The summed E-state index contributed by atoms with van der Waals surface area (Å²) in [4.78, 5) is 30.8. The second kappa shape index (κ2) is 13.5. The first kappa shape index (κ1) is 26.2. The number of esters is 1. The van der Waals surface area contributed by atoms with Gasteiger partial charge in [-0.1, -0.05) is 19.1 Å². The SMILES string of the molecule is CCNC(=NCc1ccc(C(=O)NC(C)CC)cc1)N1CCC(C(=O)OC)CC1.I. The van der Waals surface area contributed by atoms with Gasteiger partial charge in [-0.25, -0.2) is 4.99 Å². The van der Waals surface area contributed by atoms with Crippen molar-refractivity contribution in [2.24, 2.45) is 10.9 Å². The van der Waals surface area contributed by atoms with Crippen LogP contribution in [-0.4, -0.2) is 55.5 Å². The highest BCUT2D eigenvalue weighted by Gasteiger charge is 2.26. The lowest BCUT2D eigenvalue weighted by Gasteiger charge is -2.33. The molecular formula is C22H35IN4O3. The third-order valence-electron chi connectivity index (χ3n) is 5.28. The molecule has 30 heavy (non-hydrogen) atoms. The van der Waals surface area contributed by atoms with Gasteiger partial charge in [0.1, 0.15) is 0 Å². The van der Waals surface area contributed by atoms with Crippen molar-refractivity contribution >= 4 is 41.8 Å². The van der Waals surface area contributed by atoms with Gasteiger partial charge >= 0.3 is 5.97 Å². The number of nitrogens with zero attached hydrogens (tertiary/aromatic N) is 2. The van der Waals surface area contributed by atoms with Crippen LogP contribution in [0.15, 0.2) is 29.3 Å². The molecule has 0 saturated carbocycles. The normalized spacial score (nSPS) is 15.7. The quantitative estimate of drug-likeness (QED) is 0.245. The van der Waals surface area contributed by atoms with Gasteiger partial charge in [0.15, 0.2) is 5.96 Å². The number of guanidine groups is 1. The van der Waals surface area contributed by atoms with Gasteiger partial charge in [0.2, 0.25) is 0 Å². The molecule has 1 atom stereocenters. The van der Waals surface area contributed by atoms with E-state index in [1.54, 1.807) is 0 Å². The Kier molecular flexibility index (Phi) is 11.8. The Hall–Kier alpha value is -1.84. The number of methoxy groups -OCH3 is 1. The molecule has 0 bridgehead atoms. The summed E-state index contributed by atoms with van der Waals surface area (Å²) in [6.45, 7) is 8.96. The number of carbonyl (C=O) groups is 2. The Morgan fingerprint density at radius 2 is 1.83 bits per heavy atom. The predicted molar refractivity (Wildman–Crippen MR) is 130 cm³/mol. The van der Waals surface area contributed by atoms with Crippen LogP contribution >= 0.6 is 24.0 Å². The molecule has 1 fully saturated rings. The number of ether oxygens (including phenoxy) is 1. The zero-order valence-corrected chi connectivity index (χ0v) is 20.8. The Labute approximate surface area is 197 Å². The number of carbonyl (C=O) groups excluding carboxylic acids is 2. The van der Waals surface area contributed by atoms with Crippen molar-refractivity contribution in [3.63, 3.8) is 0 Å². The number of piperidine rings is 1. The fourth-order valence-electron chi connectivity index (χ4n) is 3.26. The summed E-state index contributed by atoms with van der Waals surface area (Å²) in [5.74, 6) is 0.669. The molecule has 0 radical (unpaired) electrons. The Morgan fingerprint density at radius 1 is 1.20 bits per heavy atom. The summed E-state index contributed by atoms with van der Waals surface area (Å²) < 4.78 is 4.86. The molecule has 1 aliphatic rings. The predicted octanol–water partition coefficient (Wildman–Crippen LogP) is 3.18. The van der Waals surface area contributed by atoms with E-state index in [1.165, 1.54) is 7.11 Å². The molecule has 1 saturated heterocycles. The lowest BCUT2D eigenvalue weighted by molar-refractivity contribution is -0.146. The second-order valence-corrected chi connectivity index (χ2v) is 7.43. The van der Waals surface area contributed by atoms with Crippen molar-refractivity contribution < 1.29 is 14.3 Å². The van der Waals surface area contributed by atoms with Crippen molar-refractivity contribution in [2.75, 3.05) is 26.7 Å². The van der Waals surface area contributed by atoms with Crippen LogP contribution in [0, 0.1) is 5.92 Å². The van der Waals surface area contributed by atoms with Crippen LogP contribution in [0.2, 0.25) is 0 Å². The van der Waals surface area contributed by atoms with E-state index < -0.39 is 0 Å². The van der Waals surface area contributed by atoms with Gasteiger partial charge in [0, 0.05) is 31.2 Å². The maximum Gasteiger partial charge on any atom is 0.308 e. The van der Waals surface area contributed by atoms with Crippen LogP contribution in [-0.2, 0) is 16.1 Å². The molecule has 0 aromatic heterocycles. The second-order valence-electron chi connectivity index (χ2n) is 7.43. The van der Waals surface area contributed by atoms with Crippen LogP contribution in [0.5, 0.6) is 0 Å². The highest BCUT2D eigenvalue weighted by atomic mass is 127. The van der Waals surface area contributed by atoms with Crippen molar-refractivity contribution in [1.29, 1.82) is 0 Å². The van der Waals surface area contributed by atoms with Crippen LogP contribution in [0.25, 0.3) is 0 Å². The molecule has 2 N–H and O–H groups in total. The number of aliphatic imine (C=N–C) groups is 1. The van der Waals surface area contributed by atoms with Crippen LogP contribution < -0.4 is 10.6 Å². The van der Waals surface area contributed by atoms with Crippen LogP contribution in [0.3, 0.4) is 0 Å². The van der Waals surface area contributed by atoms with Gasteiger partial charge in [0.05, 0.1) is 19.6 Å². The summed E-state index contributed by atoms with van der Waals surface area (Å²) in [6.07, 6.45) is 2.46. The molecule has 0 aliphatic carbocycles. The molecule has 1 aromatic rings. The summed E-state index contributed by atoms with van der Waals surface area (Å²) >= 11 is 0. The number of hydrogen-bond donors (Lipinski definition) is 2. The number of amides is 1. The van der Waals surface area contributed by atoms with E-state index in [9.17, 15) is 9.59 Å². The van der Waals surface area contributed by atoms with Gasteiger partial charge in [-0.3, -0.25) is 9.59 Å². The molecule has 7 nitrogen and oxygen atoms in total. The average Bonchev–Trinajstić information content (AvgIpc) is 2.76. The fourth-order valence-corrected chi connectivity index (χ4v) is 3.26. The fraction of sp³-hybridized carbons (Fsp3) is 0.591. The molecule has 8 heteroatoms. The maximum absolute atomic E-state index is 12.2. The molecule has 1 unspecified atom stereocenters. The minimum atomic E-state index is -0.121. The minimum Gasteiger partial charge on any atom is -0.469 e. The highest BCUT2D eigenvalue weighted by molar-refractivity contribution is 14.0. The summed E-state index contributed by atoms with van der Waals surface area (Å²) in [6, 6.07) is 7.75. The van der Waals surface area contributed by atoms with Crippen molar-refractivity contribution in [2.45, 2.75) is 52.6 Å². The molecular weight excluding hydrogens is 495 g/mol. The largest absolute Gasteiger partial charge is 0.469 e. The lowest BCUT2D eigenvalue weighted by atomic mass is 9.97. The Morgan fingerprint density at radius 3 is 2.37 bits per heavy atom. The molecule has 168 valence electrons. The lowest BCUT2D eigenvalue weighted by Crippen LogP contribution is -2.46. The topological polar surface area (TPSA) is 83.0 Å². The monoisotopic (exact) mass is 530 g/mol. The first-order valence-electron chi connectivity index (χ1n) is 10.5. The molecule has 1 aromatic carbocycles. The summed E-state index contributed by atoms with van der Waals surface area (Å²) in [5, 5.41) is 6.31. The first-order valence-corrected chi connectivity index (χ1v) is 10.5. The van der Waals surface area contributed by atoms with Gasteiger partial charge in [0.25, 0.3) is 5.91 Å². The number of halogens is 1. The van der Waals surface area contributed by atoms with Crippen LogP contribution in [0.1, 0.15) is 56.0 Å². The van der Waals surface area contributed by atoms with E-state index in [-0.39, 0.29) is 47.8 Å². The third-order valence-corrected chi connectivity index (χ3v) is 5.28.